The monoisotopic (exact) mass is 322 g/mol. The number of morpholine rings is 1. The lowest BCUT2D eigenvalue weighted by molar-refractivity contribution is -0.0146. The lowest BCUT2D eigenvalue weighted by atomic mass is 10.1. The second kappa shape index (κ2) is 7.80. The second-order valence-corrected chi connectivity index (χ2v) is 5.23. The molecule has 1 aliphatic heterocycles. The molecule has 0 saturated carbocycles. The van der Waals surface area contributed by atoms with Gasteiger partial charge in [0, 0.05) is 18.8 Å². The molecule has 1 aliphatic rings. The fourth-order valence-electron chi connectivity index (χ4n) is 2.45. The normalized spacial score (nSPS) is 17.7. The Morgan fingerprint density at radius 1 is 1.48 bits per heavy atom. The van der Waals surface area contributed by atoms with Crippen molar-refractivity contribution >= 4 is 17.6 Å². The number of carbonyl (C=O) groups is 2. The van der Waals surface area contributed by atoms with Crippen LogP contribution in [0.2, 0.25) is 0 Å². The summed E-state index contributed by atoms with van der Waals surface area (Å²) in [6, 6.07) is 4.49. The van der Waals surface area contributed by atoms with Crippen molar-refractivity contribution in [2.45, 2.75) is 12.5 Å². The molecule has 5 N–H and O–H groups in total. The molecular formula is C15H22N4O4. The average molecular weight is 322 g/mol. The molecule has 0 unspecified atom stereocenters. The van der Waals surface area contributed by atoms with Crippen LogP contribution in [-0.2, 0) is 4.74 Å². The number of carbonyl (C=O) groups excluding carboxylic acids is 2. The lowest BCUT2D eigenvalue weighted by Gasteiger charge is -2.32. The first kappa shape index (κ1) is 17.0. The van der Waals surface area contributed by atoms with Gasteiger partial charge in [0.2, 0.25) is 0 Å². The number of amides is 3. The number of nitrogens with zero attached hydrogens (tertiary/aromatic N) is 1. The maximum Gasteiger partial charge on any atom is 0.322 e. The topological polar surface area (TPSA) is 120 Å². The van der Waals surface area contributed by atoms with Gasteiger partial charge in [0.15, 0.2) is 0 Å². The highest BCUT2D eigenvalue weighted by molar-refractivity contribution is 5.98. The van der Waals surface area contributed by atoms with Gasteiger partial charge in [-0.15, -0.1) is 0 Å². The fourth-order valence-corrected chi connectivity index (χ4v) is 2.45. The average Bonchev–Trinajstić information content (AvgIpc) is 2.55. The molecular weight excluding hydrogens is 300 g/mol. The maximum absolute atomic E-state index is 12.3. The Morgan fingerprint density at radius 2 is 2.26 bits per heavy atom. The van der Waals surface area contributed by atoms with Gasteiger partial charge in [0.25, 0.3) is 5.91 Å². The van der Waals surface area contributed by atoms with Crippen LogP contribution in [0.25, 0.3) is 0 Å². The van der Waals surface area contributed by atoms with E-state index in [1.165, 1.54) is 13.2 Å². The summed E-state index contributed by atoms with van der Waals surface area (Å²) in [6.07, 6.45) is 0.662. The van der Waals surface area contributed by atoms with Gasteiger partial charge in [-0.25, -0.2) is 4.79 Å². The van der Waals surface area contributed by atoms with E-state index in [2.05, 4.69) is 5.32 Å². The van der Waals surface area contributed by atoms with Crippen LogP contribution in [0.1, 0.15) is 16.8 Å². The summed E-state index contributed by atoms with van der Waals surface area (Å²) in [7, 11) is 1.45. The number of hydrogen-bond acceptors (Lipinski definition) is 5. The van der Waals surface area contributed by atoms with Gasteiger partial charge in [-0.3, -0.25) is 4.79 Å². The van der Waals surface area contributed by atoms with Crippen LogP contribution in [-0.4, -0.2) is 56.3 Å². The number of nitrogens with one attached hydrogen (secondary N) is 1. The van der Waals surface area contributed by atoms with Gasteiger partial charge in [0.1, 0.15) is 5.75 Å². The zero-order valence-electron chi connectivity index (χ0n) is 13.1. The zero-order valence-corrected chi connectivity index (χ0v) is 13.1. The first-order valence-corrected chi connectivity index (χ1v) is 7.40. The van der Waals surface area contributed by atoms with Crippen molar-refractivity contribution in [3.05, 3.63) is 23.8 Å². The first-order valence-electron chi connectivity index (χ1n) is 7.40. The van der Waals surface area contributed by atoms with Crippen molar-refractivity contribution in [3.63, 3.8) is 0 Å². The van der Waals surface area contributed by atoms with E-state index in [9.17, 15) is 9.59 Å². The Kier molecular flexibility index (Phi) is 5.78. The molecule has 8 heteroatoms. The van der Waals surface area contributed by atoms with Crippen LogP contribution in [0.3, 0.4) is 0 Å². The number of benzene rings is 1. The Labute approximate surface area is 134 Å². The molecule has 0 bridgehead atoms. The zero-order chi connectivity index (χ0) is 16.8. The van der Waals surface area contributed by atoms with Crippen molar-refractivity contribution in [2.24, 2.45) is 11.5 Å². The summed E-state index contributed by atoms with van der Waals surface area (Å²) in [4.78, 5) is 25.4. The summed E-state index contributed by atoms with van der Waals surface area (Å²) in [5, 5.41) is 2.76. The Morgan fingerprint density at radius 3 is 2.91 bits per heavy atom. The van der Waals surface area contributed by atoms with Crippen molar-refractivity contribution in [2.75, 3.05) is 38.7 Å². The fraction of sp³-hybridized carbons (Fsp3) is 0.467. The molecule has 0 radical (unpaired) electrons. The van der Waals surface area contributed by atoms with Gasteiger partial charge in [-0.1, -0.05) is 0 Å². The van der Waals surface area contributed by atoms with Gasteiger partial charge in [0.05, 0.1) is 25.4 Å². The van der Waals surface area contributed by atoms with Crippen LogP contribution in [0.15, 0.2) is 18.2 Å². The smallest absolute Gasteiger partial charge is 0.322 e. The molecule has 1 atom stereocenters. The molecule has 2 rings (SSSR count). The molecule has 23 heavy (non-hydrogen) atoms. The Hall–Kier alpha value is -2.32. The summed E-state index contributed by atoms with van der Waals surface area (Å²) < 4.78 is 10.6. The molecule has 126 valence electrons. The molecule has 1 saturated heterocycles. The first-order chi connectivity index (χ1) is 11.0. The molecule has 1 heterocycles. The summed E-state index contributed by atoms with van der Waals surface area (Å²) in [5.41, 5.74) is 11.5. The van der Waals surface area contributed by atoms with E-state index >= 15 is 0 Å². The highest BCUT2D eigenvalue weighted by atomic mass is 16.5. The molecule has 0 aromatic heterocycles. The minimum atomic E-state index is -0.618. The van der Waals surface area contributed by atoms with Crippen molar-refractivity contribution in [1.82, 2.24) is 4.90 Å². The summed E-state index contributed by atoms with van der Waals surface area (Å²) in [5.74, 6) is -0.253. The molecule has 1 aromatic carbocycles. The third-order valence-electron chi connectivity index (χ3n) is 3.63. The molecule has 1 fully saturated rings. The maximum atomic E-state index is 12.3. The number of nitrogens with two attached hydrogens (primary N) is 2. The van der Waals surface area contributed by atoms with Gasteiger partial charge in [-0.05, 0) is 31.2 Å². The number of urea groups is 1. The number of hydrogen-bond donors (Lipinski definition) is 3. The second-order valence-electron chi connectivity index (χ2n) is 5.23. The minimum Gasteiger partial charge on any atom is -0.496 e. The molecule has 0 spiro atoms. The van der Waals surface area contributed by atoms with E-state index in [4.69, 9.17) is 20.9 Å². The van der Waals surface area contributed by atoms with E-state index in [1.54, 1.807) is 17.0 Å². The van der Waals surface area contributed by atoms with Crippen LogP contribution >= 0.6 is 0 Å². The molecule has 3 amide bonds. The third kappa shape index (κ3) is 4.33. The minimum absolute atomic E-state index is 0.0449. The quantitative estimate of drug-likeness (QED) is 0.723. The number of anilines is 1. The summed E-state index contributed by atoms with van der Waals surface area (Å²) in [6.45, 7) is 1.99. The highest BCUT2D eigenvalue weighted by Gasteiger charge is 2.24. The van der Waals surface area contributed by atoms with Crippen LogP contribution in [0.5, 0.6) is 5.75 Å². The van der Waals surface area contributed by atoms with Gasteiger partial charge < -0.3 is 31.2 Å². The van der Waals surface area contributed by atoms with Gasteiger partial charge in [-0.2, -0.15) is 0 Å². The number of ether oxygens (including phenoxy) is 2. The third-order valence-corrected chi connectivity index (χ3v) is 3.63. The highest BCUT2D eigenvalue weighted by Crippen LogP contribution is 2.22. The number of rotatable bonds is 5. The van der Waals surface area contributed by atoms with Crippen LogP contribution in [0.4, 0.5) is 10.5 Å². The van der Waals surface area contributed by atoms with Gasteiger partial charge >= 0.3 is 6.03 Å². The number of methoxy groups -OCH3 is 1. The van der Waals surface area contributed by atoms with E-state index in [1.807, 2.05) is 0 Å². The predicted molar refractivity (Wildman–Crippen MR) is 85.5 cm³/mol. The van der Waals surface area contributed by atoms with E-state index in [-0.39, 0.29) is 17.7 Å². The Balaban J connectivity index is 2.05. The van der Waals surface area contributed by atoms with E-state index in [0.29, 0.717) is 44.1 Å². The van der Waals surface area contributed by atoms with Crippen molar-refractivity contribution < 1.29 is 19.1 Å². The van der Waals surface area contributed by atoms with E-state index in [0.717, 1.165) is 0 Å². The standard InChI is InChI=1S/C15H22N4O4/c1-22-13-3-2-10(8-12(13)14(17)20)18-15(21)19-6-7-23-11(9-19)4-5-16/h2-3,8,11H,4-7,9,16H2,1H3,(H2,17,20)(H,18,21)/t11-/m0/s1. The SMILES string of the molecule is COc1ccc(NC(=O)N2CCO[C@@H](CCN)C2)cc1C(N)=O. The number of primary amides is 1. The van der Waals surface area contributed by atoms with Crippen molar-refractivity contribution in [3.8, 4) is 5.75 Å². The largest absolute Gasteiger partial charge is 0.496 e. The predicted octanol–water partition coefficient (Wildman–Crippen LogP) is 0.376. The molecule has 0 aliphatic carbocycles. The van der Waals surface area contributed by atoms with E-state index < -0.39 is 5.91 Å². The van der Waals surface area contributed by atoms with Crippen LogP contribution in [0, 0.1) is 0 Å². The molecule has 8 nitrogen and oxygen atoms in total. The summed E-state index contributed by atoms with van der Waals surface area (Å²) >= 11 is 0. The Bertz CT molecular complexity index is 577. The van der Waals surface area contributed by atoms with Crippen LogP contribution < -0.4 is 21.5 Å². The molecule has 1 aromatic rings. The van der Waals surface area contributed by atoms with Crippen molar-refractivity contribution in [1.29, 1.82) is 0 Å². The lowest BCUT2D eigenvalue weighted by Crippen LogP contribution is -2.47.